The van der Waals surface area contributed by atoms with Gasteiger partial charge < -0.3 is 14.4 Å². The first-order valence-electron chi connectivity index (χ1n) is 9.18. The Morgan fingerprint density at radius 1 is 1.07 bits per heavy atom. The molecule has 0 amide bonds. The third kappa shape index (κ3) is 5.00. The zero-order chi connectivity index (χ0) is 19.2. The van der Waals surface area contributed by atoms with E-state index in [9.17, 15) is 0 Å². The predicted molar refractivity (Wildman–Crippen MR) is 117 cm³/mol. The van der Waals surface area contributed by atoms with Crippen molar-refractivity contribution in [1.29, 1.82) is 0 Å². The molecule has 0 bridgehead atoms. The molecule has 0 saturated carbocycles. The third-order valence-electron chi connectivity index (χ3n) is 4.69. The van der Waals surface area contributed by atoms with Crippen molar-refractivity contribution in [2.75, 3.05) is 39.9 Å². The maximum absolute atomic E-state index is 5.80. The maximum atomic E-state index is 5.80. The predicted octanol–water partition coefficient (Wildman–Crippen LogP) is 4.35. The first kappa shape index (κ1) is 20.1. The van der Waals surface area contributed by atoms with Gasteiger partial charge >= 0.3 is 0 Å². The minimum absolute atomic E-state index is 0.586. The Balaban J connectivity index is 1.66. The lowest BCUT2D eigenvalue weighted by molar-refractivity contribution is 0.177. The smallest absolute Gasteiger partial charge is 0.161 e. The Kier molecular flexibility index (Phi) is 7.10. The molecule has 1 heterocycles. The average molecular weight is 449 g/mol. The molecule has 0 unspecified atom stereocenters. The highest BCUT2D eigenvalue weighted by Crippen LogP contribution is 2.34. The van der Waals surface area contributed by atoms with Crippen molar-refractivity contribution in [3.8, 4) is 11.5 Å². The van der Waals surface area contributed by atoms with Crippen LogP contribution in [0.3, 0.4) is 0 Å². The van der Waals surface area contributed by atoms with Crippen LogP contribution in [-0.2, 0) is 6.54 Å². The zero-order valence-electron chi connectivity index (χ0n) is 15.8. The fourth-order valence-corrected chi connectivity index (χ4v) is 4.24. The van der Waals surface area contributed by atoms with E-state index in [0.717, 1.165) is 53.5 Å². The van der Waals surface area contributed by atoms with Crippen molar-refractivity contribution in [3.63, 3.8) is 0 Å². The van der Waals surface area contributed by atoms with Gasteiger partial charge in [-0.3, -0.25) is 4.90 Å². The van der Waals surface area contributed by atoms with Gasteiger partial charge in [0.1, 0.15) is 4.99 Å². The Morgan fingerprint density at radius 2 is 1.78 bits per heavy atom. The number of nitrogens with zero attached hydrogens (tertiary/aromatic N) is 2. The molecule has 0 aliphatic carbocycles. The van der Waals surface area contributed by atoms with Crippen molar-refractivity contribution in [3.05, 3.63) is 58.1 Å². The number of ether oxygens (including phenoxy) is 2. The molecular formula is C21H25BrN2O2S. The summed E-state index contributed by atoms with van der Waals surface area (Å²) in [5.41, 5.74) is 2.33. The van der Waals surface area contributed by atoms with Crippen LogP contribution in [0.2, 0.25) is 0 Å². The normalized spacial score (nSPS) is 14.9. The second-order valence-corrected chi connectivity index (χ2v) is 7.71. The molecule has 6 heteroatoms. The minimum atomic E-state index is 0.586. The maximum Gasteiger partial charge on any atom is 0.161 e. The summed E-state index contributed by atoms with van der Waals surface area (Å²) in [5.74, 6) is 1.44. The van der Waals surface area contributed by atoms with Crippen molar-refractivity contribution in [2.24, 2.45) is 0 Å². The van der Waals surface area contributed by atoms with E-state index in [1.807, 2.05) is 19.1 Å². The Bertz CT molecular complexity index is 777. The molecular weight excluding hydrogens is 424 g/mol. The minimum Gasteiger partial charge on any atom is -0.493 e. The molecule has 1 fully saturated rings. The van der Waals surface area contributed by atoms with Crippen LogP contribution in [0, 0.1) is 0 Å². The Labute approximate surface area is 175 Å². The average Bonchev–Trinajstić information content (AvgIpc) is 2.70. The Morgan fingerprint density at radius 3 is 2.41 bits per heavy atom. The summed E-state index contributed by atoms with van der Waals surface area (Å²) in [7, 11) is 1.65. The quantitative estimate of drug-likeness (QED) is 0.611. The number of piperazine rings is 1. The molecule has 0 radical (unpaired) electrons. The van der Waals surface area contributed by atoms with Gasteiger partial charge in [-0.05, 0) is 40.5 Å². The molecule has 3 rings (SSSR count). The summed E-state index contributed by atoms with van der Waals surface area (Å²) in [6.45, 7) is 7.39. The molecule has 0 atom stereocenters. The number of hydrogen-bond donors (Lipinski definition) is 0. The molecule has 27 heavy (non-hydrogen) atoms. The lowest BCUT2D eigenvalue weighted by Crippen LogP contribution is -2.48. The number of rotatable bonds is 6. The van der Waals surface area contributed by atoms with Gasteiger partial charge in [0.25, 0.3) is 0 Å². The van der Waals surface area contributed by atoms with E-state index in [4.69, 9.17) is 21.7 Å². The Hall–Kier alpha value is -1.63. The van der Waals surface area contributed by atoms with Gasteiger partial charge in [-0.1, -0.05) is 42.5 Å². The summed E-state index contributed by atoms with van der Waals surface area (Å²) >= 11 is 9.44. The number of methoxy groups -OCH3 is 1. The highest BCUT2D eigenvalue weighted by Gasteiger charge is 2.22. The summed E-state index contributed by atoms with van der Waals surface area (Å²) in [4.78, 5) is 5.60. The highest BCUT2D eigenvalue weighted by atomic mass is 79.9. The van der Waals surface area contributed by atoms with Crippen LogP contribution in [0.4, 0.5) is 0 Å². The second-order valence-electron chi connectivity index (χ2n) is 6.47. The summed E-state index contributed by atoms with van der Waals surface area (Å²) in [5, 5.41) is 0. The molecule has 1 aliphatic rings. The van der Waals surface area contributed by atoms with Gasteiger partial charge in [0.2, 0.25) is 0 Å². The van der Waals surface area contributed by atoms with Crippen LogP contribution >= 0.6 is 28.1 Å². The topological polar surface area (TPSA) is 24.9 Å². The monoisotopic (exact) mass is 448 g/mol. The van der Waals surface area contributed by atoms with Crippen molar-refractivity contribution in [1.82, 2.24) is 9.80 Å². The molecule has 2 aromatic rings. The highest BCUT2D eigenvalue weighted by molar-refractivity contribution is 9.10. The van der Waals surface area contributed by atoms with Gasteiger partial charge in [-0.15, -0.1) is 0 Å². The van der Waals surface area contributed by atoms with Crippen LogP contribution in [0.5, 0.6) is 11.5 Å². The van der Waals surface area contributed by atoms with Crippen LogP contribution < -0.4 is 9.47 Å². The lowest BCUT2D eigenvalue weighted by atomic mass is 10.1. The first-order valence-corrected chi connectivity index (χ1v) is 10.4. The van der Waals surface area contributed by atoms with Crippen molar-refractivity contribution >= 4 is 33.1 Å². The van der Waals surface area contributed by atoms with E-state index in [1.54, 1.807) is 7.11 Å². The van der Waals surface area contributed by atoms with E-state index in [0.29, 0.717) is 12.4 Å². The van der Waals surface area contributed by atoms with Crippen molar-refractivity contribution < 1.29 is 9.47 Å². The van der Waals surface area contributed by atoms with E-state index in [2.05, 4.69) is 56.1 Å². The standard InChI is InChI=1S/C21H25BrN2O2S/c1-3-26-20-13-17(18(22)14-19(20)25-2)21(27)24-11-9-23(10-12-24)15-16-7-5-4-6-8-16/h4-8,13-14H,3,9-12,15H2,1-2H3. The fraction of sp³-hybridized carbons (Fsp3) is 0.381. The van der Waals surface area contributed by atoms with Crippen molar-refractivity contribution in [2.45, 2.75) is 13.5 Å². The number of halogens is 1. The van der Waals surface area contributed by atoms with Crippen LogP contribution in [0.25, 0.3) is 0 Å². The molecule has 144 valence electrons. The molecule has 0 N–H and O–H groups in total. The van der Waals surface area contributed by atoms with Gasteiger partial charge in [-0.25, -0.2) is 0 Å². The van der Waals surface area contributed by atoms with Crippen LogP contribution in [-0.4, -0.2) is 54.7 Å². The van der Waals surface area contributed by atoms with Gasteiger partial charge in [0.05, 0.1) is 13.7 Å². The lowest BCUT2D eigenvalue weighted by Gasteiger charge is -2.36. The van der Waals surface area contributed by atoms with Crippen LogP contribution in [0.15, 0.2) is 46.9 Å². The van der Waals surface area contributed by atoms with E-state index >= 15 is 0 Å². The molecule has 1 saturated heterocycles. The van der Waals surface area contributed by atoms with Gasteiger partial charge in [0.15, 0.2) is 11.5 Å². The summed E-state index contributed by atoms with van der Waals surface area (Å²) < 4.78 is 12.1. The SMILES string of the molecule is CCOc1cc(C(=S)N2CCN(Cc3ccccc3)CC2)c(Br)cc1OC. The fourth-order valence-electron chi connectivity index (χ4n) is 3.25. The number of benzene rings is 2. The van der Waals surface area contributed by atoms with E-state index in [-0.39, 0.29) is 0 Å². The molecule has 2 aromatic carbocycles. The largest absolute Gasteiger partial charge is 0.493 e. The molecule has 0 spiro atoms. The second kappa shape index (κ2) is 9.53. The van der Waals surface area contributed by atoms with E-state index < -0.39 is 0 Å². The summed E-state index contributed by atoms with van der Waals surface area (Å²) in [6, 6.07) is 14.5. The van der Waals surface area contributed by atoms with E-state index in [1.165, 1.54) is 5.56 Å². The van der Waals surface area contributed by atoms with Gasteiger partial charge in [-0.2, -0.15) is 0 Å². The van der Waals surface area contributed by atoms with Crippen LogP contribution in [0.1, 0.15) is 18.1 Å². The zero-order valence-corrected chi connectivity index (χ0v) is 18.2. The first-order chi connectivity index (χ1) is 13.1. The summed E-state index contributed by atoms with van der Waals surface area (Å²) in [6.07, 6.45) is 0. The van der Waals surface area contributed by atoms with Gasteiger partial charge in [0, 0.05) is 42.8 Å². The third-order valence-corrected chi connectivity index (χ3v) is 5.83. The molecule has 0 aromatic heterocycles. The number of hydrogen-bond acceptors (Lipinski definition) is 4. The number of thiocarbonyl (C=S) groups is 1. The molecule has 1 aliphatic heterocycles. The molecule has 4 nitrogen and oxygen atoms in total.